The molecule has 0 unspecified atom stereocenters. The van der Waals surface area contributed by atoms with Crippen LogP contribution in [0.5, 0.6) is 5.75 Å². The molecule has 1 aromatic carbocycles. The van der Waals surface area contributed by atoms with E-state index in [0.717, 1.165) is 0 Å². The number of halogens is 2. The van der Waals surface area contributed by atoms with E-state index in [1.807, 2.05) is 7.05 Å². The van der Waals surface area contributed by atoms with E-state index < -0.39 is 6.61 Å². The number of rotatable bonds is 6. The van der Waals surface area contributed by atoms with Crippen LogP contribution in [-0.4, -0.2) is 27.7 Å². The third-order valence-electron chi connectivity index (χ3n) is 2.51. The summed E-state index contributed by atoms with van der Waals surface area (Å²) in [7, 11) is 1.81. The Hall–Kier alpha value is -1.89. The summed E-state index contributed by atoms with van der Waals surface area (Å²) in [6.45, 7) is -2.95. The summed E-state index contributed by atoms with van der Waals surface area (Å²) in [6, 6.07) is 5.97. The zero-order valence-electron chi connectivity index (χ0n) is 10.6. The number of thioether (sulfide) groups is 1. The molecule has 106 valence electrons. The van der Waals surface area contributed by atoms with Crippen LogP contribution >= 0.6 is 11.8 Å². The standard InChI is InChI=1S/C13H12F2N2O2S/c1-17-7-6-16-13(17)20-8-10(18)9-4-2-3-5-11(9)19-12(14)15/h2-7,12H,8H2,1H3. The minimum absolute atomic E-state index is 0.104. The Labute approximate surface area is 118 Å². The third-order valence-corrected chi connectivity index (χ3v) is 3.57. The van der Waals surface area contributed by atoms with Crippen LogP contribution in [0.1, 0.15) is 10.4 Å². The number of aromatic nitrogens is 2. The second kappa shape index (κ2) is 6.51. The molecule has 2 aromatic rings. The number of Topliss-reactive ketones (excluding diaryl/α,β-unsaturated/α-hetero) is 1. The minimum atomic E-state index is -2.95. The lowest BCUT2D eigenvalue weighted by Gasteiger charge is -2.09. The first-order valence-electron chi connectivity index (χ1n) is 5.75. The van der Waals surface area contributed by atoms with Crippen molar-refractivity contribution in [1.82, 2.24) is 9.55 Å². The highest BCUT2D eigenvalue weighted by molar-refractivity contribution is 7.99. The van der Waals surface area contributed by atoms with Gasteiger partial charge in [-0.3, -0.25) is 4.79 Å². The van der Waals surface area contributed by atoms with Gasteiger partial charge in [0.2, 0.25) is 0 Å². The summed E-state index contributed by atoms with van der Waals surface area (Å²) in [6.07, 6.45) is 3.39. The normalized spacial score (nSPS) is 10.8. The number of carbonyl (C=O) groups excluding carboxylic acids is 1. The van der Waals surface area contributed by atoms with Crippen LogP contribution in [0, 0.1) is 0 Å². The van der Waals surface area contributed by atoms with Gasteiger partial charge in [0, 0.05) is 19.4 Å². The number of hydrogen-bond donors (Lipinski definition) is 0. The Kier molecular flexibility index (Phi) is 4.73. The number of aryl methyl sites for hydroxylation is 1. The summed E-state index contributed by atoms with van der Waals surface area (Å²) in [5.41, 5.74) is 0.148. The maximum absolute atomic E-state index is 12.3. The number of para-hydroxylation sites is 1. The van der Waals surface area contributed by atoms with E-state index in [2.05, 4.69) is 9.72 Å². The zero-order chi connectivity index (χ0) is 14.5. The van der Waals surface area contributed by atoms with Crippen LogP contribution in [0.25, 0.3) is 0 Å². The topological polar surface area (TPSA) is 44.1 Å². The molecule has 7 heteroatoms. The fourth-order valence-corrected chi connectivity index (χ4v) is 2.41. The number of ketones is 1. The van der Waals surface area contributed by atoms with Crippen molar-refractivity contribution in [2.45, 2.75) is 11.8 Å². The molecule has 0 radical (unpaired) electrons. The highest BCUT2D eigenvalue weighted by atomic mass is 32.2. The Morgan fingerprint density at radius 3 is 2.85 bits per heavy atom. The van der Waals surface area contributed by atoms with E-state index in [-0.39, 0.29) is 22.8 Å². The summed E-state index contributed by atoms with van der Waals surface area (Å²) < 4.78 is 30.7. The smallest absolute Gasteiger partial charge is 0.387 e. The number of hydrogen-bond acceptors (Lipinski definition) is 4. The van der Waals surface area contributed by atoms with Crippen LogP contribution in [0.3, 0.4) is 0 Å². The van der Waals surface area contributed by atoms with Crippen LogP contribution in [0.2, 0.25) is 0 Å². The van der Waals surface area contributed by atoms with Gasteiger partial charge in [0.25, 0.3) is 0 Å². The molecule has 2 rings (SSSR count). The average molecular weight is 298 g/mol. The van der Waals surface area contributed by atoms with Gasteiger partial charge in [-0.05, 0) is 12.1 Å². The lowest BCUT2D eigenvalue weighted by atomic mass is 10.1. The van der Waals surface area contributed by atoms with E-state index in [0.29, 0.717) is 5.16 Å². The molecule has 0 aliphatic heterocycles. The lowest BCUT2D eigenvalue weighted by molar-refractivity contribution is -0.0501. The Morgan fingerprint density at radius 1 is 1.45 bits per heavy atom. The molecule has 0 atom stereocenters. The minimum Gasteiger partial charge on any atom is -0.434 e. The zero-order valence-corrected chi connectivity index (χ0v) is 11.4. The van der Waals surface area contributed by atoms with Gasteiger partial charge in [-0.15, -0.1) is 0 Å². The first-order chi connectivity index (χ1) is 9.58. The number of carbonyl (C=O) groups is 1. The molecular weight excluding hydrogens is 286 g/mol. The molecule has 0 amide bonds. The number of ether oxygens (including phenoxy) is 1. The van der Waals surface area contributed by atoms with E-state index in [1.165, 1.54) is 23.9 Å². The molecular formula is C13H12F2N2O2S. The highest BCUT2D eigenvalue weighted by Crippen LogP contribution is 2.23. The molecule has 0 fully saturated rings. The fraction of sp³-hybridized carbons (Fsp3) is 0.231. The van der Waals surface area contributed by atoms with Crippen molar-refractivity contribution in [1.29, 1.82) is 0 Å². The van der Waals surface area contributed by atoms with Crippen molar-refractivity contribution in [3.8, 4) is 5.75 Å². The molecule has 0 aliphatic rings. The van der Waals surface area contributed by atoms with Gasteiger partial charge < -0.3 is 9.30 Å². The molecule has 4 nitrogen and oxygen atoms in total. The number of nitrogens with zero attached hydrogens (tertiary/aromatic N) is 2. The first-order valence-corrected chi connectivity index (χ1v) is 6.73. The van der Waals surface area contributed by atoms with Gasteiger partial charge in [-0.1, -0.05) is 23.9 Å². The predicted octanol–water partition coefficient (Wildman–Crippen LogP) is 3.00. The fourth-order valence-electron chi connectivity index (χ4n) is 1.59. The van der Waals surface area contributed by atoms with E-state index >= 15 is 0 Å². The van der Waals surface area contributed by atoms with Crippen molar-refractivity contribution >= 4 is 17.5 Å². The molecule has 0 aliphatic carbocycles. The van der Waals surface area contributed by atoms with Crippen LogP contribution in [-0.2, 0) is 7.05 Å². The summed E-state index contributed by atoms with van der Waals surface area (Å²) >= 11 is 1.24. The molecule has 0 saturated heterocycles. The van der Waals surface area contributed by atoms with Crippen molar-refractivity contribution in [2.24, 2.45) is 7.05 Å². The Bertz CT molecular complexity index is 602. The second-order valence-corrected chi connectivity index (χ2v) is 4.85. The SMILES string of the molecule is Cn1ccnc1SCC(=O)c1ccccc1OC(F)F. The Morgan fingerprint density at radius 2 is 2.20 bits per heavy atom. The van der Waals surface area contributed by atoms with Gasteiger partial charge >= 0.3 is 6.61 Å². The maximum atomic E-state index is 12.3. The van der Waals surface area contributed by atoms with Gasteiger partial charge in [-0.2, -0.15) is 8.78 Å². The van der Waals surface area contributed by atoms with Crippen molar-refractivity contribution in [3.63, 3.8) is 0 Å². The van der Waals surface area contributed by atoms with Crippen LogP contribution in [0.4, 0.5) is 8.78 Å². The molecule has 20 heavy (non-hydrogen) atoms. The average Bonchev–Trinajstić information content (AvgIpc) is 2.81. The maximum Gasteiger partial charge on any atom is 0.387 e. The van der Waals surface area contributed by atoms with Gasteiger partial charge in [0.15, 0.2) is 10.9 Å². The van der Waals surface area contributed by atoms with Crippen molar-refractivity contribution in [3.05, 3.63) is 42.2 Å². The van der Waals surface area contributed by atoms with Gasteiger partial charge in [-0.25, -0.2) is 4.98 Å². The lowest BCUT2D eigenvalue weighted by Crippen LogP contribution is -2.09. The van der Waals surface area contributed by atoms with E-state index in [4.69, 9.17) is 0 Å². The largest absolute Gasteiger partial charge is 0.434 e. The van der Waals surface area contributed by atoms with Crippen LogP contribution < -0.4 is 4.74 Å². The van der Waals surface area contributed by atoms with Crippen molar-refractivity contribution < 1.29 is 18.3 Å². The number of alkyl halides is 2. The molecule has 0 spiro atoms. The molecule has 0 N–H and O–H groups in total. The quantitative estimate of drug-likeness (QED) is 0.607. The van der Waals surface area contributed by atoms with E-state index in [9.17, 15) is 13.6 Å². The molecule has 1 aromatic heterocycles. The van der Waals surface area contributed by atoms with Gasteiger partial charge in [0.1, 0.15) is 5.75 Å². The third kappa shape index (κ3) is 3.57. The summed E-state index contributed by atoms with van der Waals surface area (Å²) in [4.78, 5) is 16.1. The summed E-state index contributed by atoms with van der Waals surface area (Å²) in [5.74, 6) is -0.281. The molecule has 0 bridgehead atoms. The number of imidazole rings is 1. The van der Waals surface area contributed by atoms with Crippen molar-refractivity contribution in [2.75, 3.05) is 5.75 Å². The Balaban J connectivity index is 2.07. The monoisotopic (exact) mass is 298 g/mol. The highest BCUT2D eigenvalue weighted by Gasteiger charge is 2.16. The van der Waals surface area contributed by atoms with Gasteiger partial charge in [0.05, 0.1) is 11.3 Å². The summed E-state index contributed by atoms with van der Waals surface area (Å²) in [5, 5.41) is 0.686. The predicted molar refractivity (Wildman–Crippen MR) is 71.3 cm³/mol. The molecule has 0 saturated carbocycles. The first kappa shape index (κ1) is 14.5. The van der Waals surface area contributed by atoms with E-state index in [1.54, 1.807) is 29.1 Å². The molecule has 1 heterocycles. The second-order valence-electron chi connectivity index (χ2n) is 3.91. The van der Waals surface area contributed by atoms with Crippen LogP contribution in [0.15, 0.2) is 41.8 Å². The number of benzene rings is 1.